The Balaban J connectivity index is 1.89. The molecule has 2 heterocycles. The maximum absolute atomic E-state index is 9.67. The second-order valence-corrected chi connectivity index (χ2v) is 4.12. The monoisotopic (exact) mass is 185 g/mol. The molecular formula is C10H19NO2. The van der Waals surface area contributed by atoms with Crippen LogP contribution < -0.4 is 0 Å². The van der Waals surface area contributed by atoms with Gasteiger partial charge in [-0.05, 0) is 25.9 Å². The third-order valence-electron chi connectivity index (χ3n) is 3.13. The van der Waals surface area contributed by atoms with Crippen molar-refractivity contribution < 1.29 is 9.84 Å². The van der Waals surface area contributed by atoms with Gasteiger partial charge in [0.1, 0.15) is 0 Å². The quantitative estimate of drug-likeness (QED) is 0.650. The molecule has 0 unspecified atom stereocenters. The molecule has 0 radical (unpaired) electrons. The standard InChI is InChI=1S/C10H19NO2/c12-10-8-13-7-9(10)11-5-3-1-2-4-6-11/h9-10,12H,1-8H2/t9-,10-/m1/s1. The Labute approximate surface area is 79.7 Å². The van der Waals surface area contributed by atoms with E-state index in [1.807, 2.05) is 0 Å². The molecule has 13 heavy (non-hydrogen) atoms. The lowest BCUT2D eigenvalue weighted by Gasteiger charge is -2.28. The molecule has 0 aliphatic carbocycles. The van der Waals surface area contributed by atoms with Crippen LogP contribution in [0.3, 0.4) is 0 Å². The van der Waals surface area contributed by atoms with E-state index in [9.17, 15) is 5.11 Å². The lowest BCUT2D eigenvalue weighted by Crippen LogP contribution is -2.43. The maximum atomic E-state index is 9.67. The normalized spacial score (nSPS) is 37.6. The molecule has 1 N–H and O–H groups in total. The van der Waals surface area contributed by atoms with Gasteiger partial charge in [-0.2, -0.15) is 0 Å². The van der Waals surface area contributed by atoms with Crippen molar-refractivity contribution in [3.05, 3.63) is 0 Å². The van der Waals surface area contributed by atoms with E-state index in [2.05, 4.69) is 4.90 Å². The van der Waals surface area contributed by atoms with Gasteiger partial charge in [-0.25, -0.2) is 0 Å². The number of hydrogen-bond donors (Lipinski definition) is 1. The van der Waals surface area contributed by atoms with Crippen molar-refractivity contribution >= 4 is 0 Å². The van der Waals surface area contributed by atoms with E-state index >= 15 is 0 Å². The first-order valence-electron chi connectivity index (χ1n) is 5.38. The number of aliphatic hydroxyl groups excluding tert-OH is 1. The Bertz CT molecular complexity index is 155. The van der Waals surface area contributed by atoms with E-state index in [1.165, 1.54) is 25.7 Å². The number of likely N-dealkylation sites (tertiary alicyclic amines) is 1. The van der Waals surface area contributed by atoms with Crippen molar-refractivity contribution in [2.24, 2.45) is 0 Å². The Morgan fingerprint density at radius 3 is 2.23 bits per heavy atom. The van der Waals surface area contributed by atoms with Gasteiger partial charge < -0.3 is 9.84 Å². The predicted molar refractivity (Wildman–Crippen MR) is 50.7 cm³/mol. The lowest BCUT2D eigenvalue weighted by molar-refractivity contribution is 0.0840. The number of aliphatic hydroxyl groups is 1. The first-order chi connectivity index (χ1) is 6.38. The van der Waals surface area contributed by atoms with Gasteiger partial charge in [0.15, 0.2) is 0 Å². The second kappa shape index (κ2) is 4.40. The number of ether oxygens (including phenoxy) is 1. The lowest BCUT2D eigenvalue weighted by atomic mass is 10.2. The molecule has 0 aromatic heterocycles. The van der Waals surface area contributed by atoms with Crippen molar-refractivity contribution in [2.45, 2.75) is 37.8 Å². The van der Waals surface area contributed by atoms with Gasteiger partial charge in [0.25, 0.3) is 0 Å². The summed E-state index contributed by atoms with van der Waals surface area (Å²) in [6.07, 6.45) is 5.00. The Morgan fingerprint density at radius 2 is 1.69 bits per heavy atom. The summed E-state index contributed by atoms with van der Waals surface area (Å²) in [4.78, 5) is 2.41. The minimum atomic E-state index is -0.252. The highest BCUT2D eigenvalue weighted by atomic mass is 16.5. The summed E-state index contributed by atoms with van der Waals surface area (Å²) in [6.45, 7) is 3.54. The molecule has 2 saturated heterocycles. The fourth-order valence-electron chi connectivity index (χ4n) is 2.31. The zero-order chi connectivity index (χ0) is 9.10. The van der Waals surface area contributed by atoms with Crippen LogP contribution in [-0.4, -0.2) is 48.5 Å². The van der Waals surface area contributed by atoms with E-state index in [1.54, 1.807) is 0 Å². The SMILES string of the molecule is O[C@@H]1COC[C@H]1N1CCCCCC1. The molecule has 0 aromatic rings. The van der Waals surface area contributed by atoms with Crippen LogP contribution in [0, 0.1) is 0 Å². The van der Waals surface area contributed by atoms with Crippen molar-refractivity contribution in [2.75, 3.05) is 26.3 Å². The molecule has 0 aromatic carbocycles. The van der Waals surface area contributed by atoms with Crippen LogP contribution >= 0.6 is 0 Å². The molecule has 2 atom stereocenters. The van der Waals surface area contributed by atoms with Crippen LogP contribution in [-0.2, 0) is 4.74 Å². The largest absolute Gasteiger partial charge is 0.389 e. The van der Waals surface area contributed by atoms with Gasteiger partial charge in [0.2, 0.25) is 0 Å². The average Bonchev–Trinajstić information content (AvgIpc) is 2.43. The van der Waals surface area contributed by atoms with E-state index in [-0.39, 0.29) is 12.1 Å². The van der Waals surface area contributed by atoms with Crippen molar-refractivity contribution in [1.29, 1.82) is 0 Å². The van der Waals surface area contributed by atoms with Gasteiger partial charge in [-0.3, -0.25) is 4.90 Å². The van der Waals surface area contributed by atoms with Crippen LogP contribution in [0.4, 0.5) is 0 Å². The molecular weight excluding hydrogens is 166 g/mol. The highest BCUT2D eigenvalue weighted by Crippen LogP contribution is 2.18. The van der Waals surface area contributed by atoms with Crippen LogP contribution in [0.1, 0.15) is 25.7 Å². The van der Waals surface area contributed by atoms with Gasteiger partial charge in [0.05, 0.1) is 25.4 Å². The highest BCUT2D eigenvalue weighted by Gasteiger charge is 2.31. The van der Waals surface area contributed by atoms with E-state index in [4.69, 9.17) is 4.74 Å². The first kappa shape index (κ1) is 9.44. The van der Waals surface area contributed by atoms with Crippen molar-refractivity contribution in [3.8, 4) is 0 Å². The van der Waals surface area contributed by atoms with Gasteiger partial charge in [-0.15, -0.1) is 0 Å². The summed E-state index contributed by atoms with van der Waals surface area (Å²) in [6, 6.07) is 0.276. The summed E-state index contributed by atoms with van der Waals surface area (Å²) >= 11 is 0. The summed E-state index contributed by atoms with van der Waals surface area (Å²) in [5.74, 6) is 0. The summed E-state index contributed by atoms with van der Waals surface area (Å²) in [7, 11) is 0. The Morgan fingerprint density at radius 1 is 1.00 bits per heavy atom. The molecule has 0 saturated carbocycles. The van der Waals surface area contributed by atoms with Crippen molar-refractivity contribution in [1.82, 2.24) is 4.90 Å². The molecule has 2 aliphatic rings. The summed E-state index contributed by atoms with van der Waals surface area (Å²) in [5, 5.41) is 9.67. The molecule has 0 spiro atoms. The second-order valence-electron chi connectivity index (χ2n) is 4.12. The molecule has 2 rings (SSSR count). The van der Waals surface area contributed by atoms with E-state index < -0.39 is 0 Å². The fourth-order valence-corrected chi connectivity index (χ4v) is 2.31. The molecule has 76 valence electrons. The summed E-state index contributed by atoms with van der Waals surface area (Å²) < 4.78 is 5.27. The van der Waals surface area contributed by atoms with E-state index in [0.29, 0.717) is 6.61 Å². The molecule has 0 amide bonds. The van der Waals surface area contributed by atoms with Gasteiger partial charge in [-0.1, -0.05) is 12.8 Å². The minimum absolute atomic E-state index is 0.252. The average molecular weight is 185 g/mol. The Hall–Kier alpha value is -0.120. The van der Waals surface area contributed by atoms with Crippen LogP contribution in [0.25, 0.3) is 0 Å². The topological polar surface area (TPSA) is 32.7 Å². The Kier molecular flexibility index (Phi) is 3.19. The number of rotatable bonds is 1. The third kappa shape index (κ3) is 2.22. The van der Waals surface area contributed by atoms with Gasteiger partial charge >= 0.3 is 0 Å². The van der Waals surface area contributed by atoms with Crippen LogP contribution in [0.15, 0.2) is 0 Å². The smallest absolute Gasteiger partial charge is 0.0950 e. The van der Waals surface area contributed by atoms with Crippen LogP contribution in [0.5, 0.6) is 0 Å². The molecule has 2 aliphatic heterocycles. The molecule has 0 bridgehead atoms. The predicted octanol–water partition coefficient (Wildman–Crippen LogP) is 0.622. The van der Waals surface area contributed by atoms with Crippen molar-refractivity contribution in [3.63, 3.8) is 0 Å². The molecule has 3 heteroatoms. The maximum Gasteiger partial charge on any atom is 0.0950 e. The van der Waals surface area contributed by atoms with E-state index in [0.717, 1.165) is 19.7 Å². The fraction of sp³-hybridized carbons (Fsp3) is 1.00. The number of nitrogens with zero attached hydrogens (tertiary/aromatic N) is 1. The first-order valence-corrected chi connectivity index (χ1v) is 5.38. The zero-order valence-electron chi connectivity index (χ0n) is 8.11. The van der Waals surface area contributed by atoms with Gasteiger partial charge in [0, 0.05) is 0 Å². The molecule has 3 nitrogen and oxygen atoms in total. The minimum Gasteiger partial charge on any atom is -0.389 e. The molecule has 2 fully saturated rings. The summed E-state index contributed by atoms with van der Waals surface area (Å²) in [5.41, 5.74) is 0. The number of hydrogen-bond acceptors (Lipinski definition) is 3. The van der Waals surface area contributed by atoms with Crippen LogP contribution in [0.2, 0.25) is 0 Å². The third-order valence-corrected chi connectivity index (χ3v) is 3.13. The highest BCUT2D eigenvalue weighted by molar-refractivity contribution is 4.84. The zero-order valence-corrected chi connectivity index (χ0v) is 8.11.